The zero-order valence-electron chi connectivity index (χ0n) is 8.04. The van der Waals surface area contributed by atoms with E-state index in [9.17, 15) is 4.79 Å². The monoisotopic (exact) mass is 194 g/mol. The first-order chi connectivity index (χ1) is 6.24. The Kier molecular flexibility index (Phi) is 4.03. The number of hydrogen-bond donors (Lipinski definition) is 0. The van der Waals surface area contributed by atoms with Crippen molar-refractivity contribution in [2.45, 2.75) is 13.8 Å². The van der Waals surface area contributed by atoms with Gasteiger partial charge in [0.25, 0.3) is 0 Å². The summed E-state index contributed by atoms with van der Waals surface area (Å²) in [6, 6.07) is 7.76. The van der Waals surface area contributed by atoms with Gasteiger partial charge >= 0.3 is 0 Å². The van der Waals surface area contributed by atoms with Crippen LogP contribution in [0.25, 0.3) is 0 Å². The highest BCUT2D eigenvalue weighted by molar-refractivity contribution is 7.99. The number of aryl methyl sites for hydroxylation is 1. The Morgan fingerprint density at radius 2 is 2.23 bits per heavy atom. The molecule has 0 N–H and O–H groups in total. The molecule has 0 atom stereocenters. The predicted molar refractivity (Wildman–Crippen MR) is 58.5 cm³/mol. The van der Waals surface area contributed by atoms with Crippen LogP contribution in [0.4, 0.5) is 0 Å². The fourth-order valence-electron chi connectivity index (χ4n) is 1.10. The van der Waals surface area contributed by atoms with Crippen molar-refractivity contribution < 1.29 is 4.79 Å². The first-order valence-electron chi connectivity index (χ1n) is 4.41. The SMILES string of the molecule is CCSCC(=O)c1cccc(C)c1. The number of benzene rings is 1. The maximum Gasteiger partial charge on any atom is 0.172 e. The van der Waals surface area contributed by atoms with Crippen molar-refractivity contribution in [1.29, 1.82) is 0 Å². The van der Waals surface area contributed by atoms with Crippen LogP contribution >= 0.6 is 11.8 Å². The van der Waals surface area contributed by atoms with Crippen LogP contribution in [0, 0.1) is 6.92 Å². The van der Waals surface area contributed by atoms with Gasteiger partial charge in [0.15, 0.2) is 5.78 Å². The van der Waals surface area contributed by atoms with Crippen LogP contribution in [0.1, 0.15) is 22.8 Å². The van der Waals surface area contributed by atoms with Crippen LogP contribution in [0.5, 0.6) is 0 Å². The number of carbonyl (C=O) groups is 1. The number of Topliss-reactive ketones (excluding diaryl/α,β-unsaturated/α-hetero) is 1. The molecule has 0 heterocycles. The van der Waals surface area contributed by atoms with Crippen molar-refractivity contribution >= 4 is 17.5 Å². The number of hydrogen-bond acceptors (Lipinski definition) is 2. The molecule has 0 aliphatic rings. The summed E-state index contributed by atoms with van der Waals surface area (Å²) in [5, 5.41) is 0. The third-order valence-corrected chi connectivity index (χ3v) is 2.65. The number of rotatable bonds is 4. The zero-order chi connectivity index (χ0) is 9.68. The van der Waals surface area contributed by atoms with Gasteiger partial charge in [-0.15, -0.1) is 0 Å². The van der Waals surface area contributed by atoms with Crippen LogP contribution in [0.3, 0.4) is 0 Å². The van der Waals surface area contributed by atoms with Crippen molar-refractivity contribution in [1.82, 2.24) is 0 Å². The molecule has 0 amide bonds. The summed E-state index contributed by atoms with van der Waals surface area (Å²) in [7, 11) is 0. The Labute approximate surface area is 83.5 Å². The smallest absolute Gasteiger partial charge is 0.172 e. The van der Waals surface area contributed by atoms with Crippen molar-refractivity contribution in [2.24, 2.45) is 0 Å². The van der Waals surface area contributed by atoms with Gasteiger partial charge in [0.2, 0.25) is 0 Å². The maximum absolute atomic E-state index is 11.5. The van der Waals surface area contributed by atoms with Crippen molar-refractivity contribution in [3.63, 3.8) is 0 Å². The Balaban J connectivity index is 2.66. The molecule has 1 aromatic rings. The molecule has 1 rings (SSSR count). The summed E-state index contributed by atoms with van der Waals surface area (Å²) in [5.41, 5.74) is 1.98. The standard InChI is InChI=1S/C11H14OS/c1-3-13-8-11(12)10-6-4-5-9(2)7-10/h4-7H,3,8H2,1-2H3. The molecular weight excluding hydrogens is 180 g/mol. The minimum absolute atomic E-state index is 0.232. The van der Waals surface area contributed by atoms with Crippen LogP contribution in [-0.2, 0) is 0 Å². The molecule has 0 fully saturated rings. The normalized spacial score (nSPS) is 10.0. The molecule has 0 aromatic heterocycles. The van der Waals surface area contributed by atoms with Gasteiger partial charge in [0, 0.05) is 5.56 Å². The third-order valence-electron chi connectivity index (χ3n) is 1.78. The fraction of sp³-hybridized carbons (Fsp3) is 0.364. The number of thioether (sulfide) groups is 1. The summed E-state index contributed by atoms with van der Waals surface area (Å²) in [5.74, 6) is 1.83. The van der Waals surface area contributed by atoms with Crippen LogP contribution in [-0.4, -0.2) is 17.3 Å². The Hall–Kier alpha value is -0.760. The summed E-state index contributed by atoms with van der Waals surface area (Å²) < 4.78 is 0. The lowest BCUT2D eigenvalue weighted by Crippen LogP contribution is -2.02. The Bertz CT molecular complexity index is 294. The average Bonchev–Trinajstić information content (AvgIpc) is 2.14. The molecule has 2 heteroatoms. The number of ketones is 1. The molecule has 0 spiro atoms. The lowest BCUT2D eigenvalue weighted by molar-refractivity contribution is 0.102. The topological polar surface area (TPSA) is 17.1 Å². The second-order valence-electron chi connectivity index (χ2n) is 2.93. The molecule has 0 radical (unpaired) electrons. The molecule has 0 saturated heterocycles. The highest BCUT2D eigenvalue weighted by Gasteiger charge is 2.04. The van der Waals surface area contributed by atoms with Gasteiger partial charge in [-0.1, -0.05) is 30.7 Å². The molecule has 0 aliphatic carbocycles. The van der Waals surface area contributed by atoms with E-state index in [1.807, 2.05) is 31.2 Å². The largest absolute Gasteiger partial charge is 0.293 e. The minimum Gasteiger partial charge on any atom is -0.293 e. The van der Waals surface area contributed by atoms with E-state index in [1.54, 1.807) is 11.8 Å². The zero-order valence-corrected chi connectivity index (χ0v) is 8.86. The van der Waals surface area contributed by atoms with Gasteiger partial charge in [-0.05, 0) is 18.7 Å². The van der Waals surface area contributed by atoms with E-state index < -0.39 is 0 Å². The lowest BCUT2D eigenvalue weighted by Gasteiger charge is -2.00. The molecule has 13 heavy (non-hydrogen) atoms. The molecule has 70 valence electrons. The van der Waals surface area contributed by atoms with Gasteiger partial charge in [-0.25, -0.2) is 0 Å². The van der Waals surface area contributed by atoms with E-state index in [0.717, 1.165) is 16.9 Å². The van der Waals surface area contributed by atoms with E-state index >= 15 is 0 Å². The van der Waals surface area contributed by atoms with Gasteiger partial charge in [0.05, 0.1) is 5.75 Å². The lowest BCUT2D eigenvalue weighted by atomic mass is 10.1. The van der Waals surface area contributed by atoms with Crippen molar-refractivity contribution in [3.8, 4) is 0 Å². The van der Waals surface area contributed by atoms with Crippen LogP contribution in [0.15, 0.2) is 24.3 Å². The van der Waals surface area contributed by atoms with Crippen molar-refractivity contribution in [2.75, 3.05) is 11.5 Å². The van der Waals surface area contributed by atoms with Crippen LogP contribution < -0.4 is 0 Å². The van der Waals surface area contributed by atoms with E-state index in [4.69, 9.17) is 0 Å². The Morgan fingerprint density at radius 1 is 1.46 bits per heavy atom. The molecule has 0 aliphatic heterocycles. The highest BCUT2D eigenvalue weighted by atomic mass is 32.2. The summed E-state index contributed by atoms with van der Waals surface area (Å²) in [6.07, 6.45) is 0. The quantitative estimate of drug-likeness (QED) is 0.685. The minimum atomic E-state index is 0.232. The maximum atomic E-state index is 11.5. The summed E-state index contributed by atoms with van der Waals surface area (Å²) in [6.45, 7) is 4.07. The van der Waals surface area contributed by atoms with Crippen molar-refractivity contribution in [3.05, 3.63) is 35.4 Å². The average molecular weight is 194 g/mol. The first kappa shape index (κ1) is 10.3. The second-order valence-corrected chi connectivity index (χ2v) is 4.20. The molecule has 1 nitrogen and oxygen atoms in total. The van der Waals surface area contributed by atoms with E-state index in [1.165, 1.54) is 0 Å². The van der Waals surface area contributed by atoms with E-state index in [2.05, 4.69) is 6.92 Å². The fourth-order valence-corrected chi connectivity index (χ4v) is 1.65. The first-order valence-corrected chi connectivity index (χ1v) is 5.57. The van der Waals surface area contributed by atoms with E-state index in [0.29, 0.717) is 5.75 Å². The van der Waals surface area contributed by atoms with Crippen LogP contribution in [0.2, 0.25) is 0 Å². The van der Waals surface area contributed by atoms with E-state index in [-0.39, 0.29) is 5.78 Å². The summed E-state index contributed by atoms with van der Waals surface area (Å²) in [4.78, 5) is 11.5. The summed E-state index contributed by atoms with van der Waals surface area (Å²) >= 11 is 1.67. The molecule has 1 aromatic carbocycles. The molecule has 0 unspecified atom stereocenters. The molecule has 0 saturated carbocycles. The third kappa shape index (κ3) is 3.23. The van der Waals surface area contributed by atoms with Gasteiger partial charge < -0.3 is 0 Å². The second kappa shape index (κ2) is 5.07. The van der Waals surface area contributed by atoms with Gasteiger partial charge in [-0.3, -0.25) is 4.79 Å². The predicted octanol–water partition coefficient (Wildman–Crippen LogP) is 2.93. The van der Waals surface area contributed by atoms with Gasteiger partial charge in [0.1, 0.15) is 0 Å². The molecule has 0 bridgehead atoms. The molecular formula is C11H14OS. The van der Waals surface area contributed by atoms with Gasteiger partial charge in [-0.2, -0.15) is 11.8 Å². The Morgan fingerprint density at radius 3 is 2.85 bits per heavy atom. The number of carbonyl (C=O) groups excluding carboxylic acids is 1. The highest BCUT2D eigenvalue weighted by Crippen LogP contribution is 2.08.